The minimum Gasteiger partial charge on any atom is -0.462 e. The summed E-state index contributed by atoms with van der Waals surface area (Å²) in [5.74, 6) is -1.72. The molecular formula is C29H43N3O5. The molecule has 1 saturated heterocycles. The molecule has 0 atom stereocenters. The fourth-order valence-electron chi connectivity index (χ4n) is 4.20. The predicted molar refractivity (Wildman–Crippen MR) is 145 cm³/mol. The smallest absolute Gasteiger partial charge is 0.338 e. The van der Waals surface area contributed by atoms with Gasteiger partial charge in [-0.15, -0.1) is 0 Å². The third-order valence-corrected chi connectivity index (χ3v) is 6.63. The maximum atomic E-state index is 12.3. The van der Waals surface area contributed by atoms with Crippen LogP contribution in [0.5, 0.6) is 0 Å². The summed E-state index contributed by atoms with van der Waals surface area (Å²) in [5, 5.41) is 2.87. The van der Waals surface area contributed by atoms with Crippen LogP contribution in [0.15, 0.2) is 36.0 Å². The molecule has 1 aliphatic rings. The minimum atomic E-state index is -0.672. The summed E-state index contributed by atoms with van der Waals surface area (Å²) in [4.78, 5) is 50.3. The van der Waals surface area contributed by atoms with Crippen LogP contribution < -0.4 is 5.32 Å². The van der Waals surface area contributed by atoms with Gasteiger partial charge >= 0.3 is 12.0 Å². The fourth-order valence-corrected chi connectivity index (χ4v) is 4.20. The summed E-state index contributed by atoms with van der Waals surface area (Å²) in [6.45, 7) is 2.66. The highest BCUT2D eigenvalue weighted by Crippen LogP contribution is 2.17. The van der Waals surface area contributed by atoms with E-state index in [4.69, 9.17) is 4.74 Å². The van der Waals surface area contributed by atoms with Gasteiger partial charge < -0.3 is 10.1 Å². The lowest BCUT2D eigenvalue weighted by atomic mass is 10.0. The van der Waals surface area contributed by atoms with Crippen LogP contribution in [0.1, 0.15) is 101 Å². The number of ether oxygens (including phenoxy) is 1. The van der Waals surface area contributed by atoms with Crippen LogP contribution in [0.25, 0.3) is 0 Å². The molecule has 4 amide bonds. The van der Waals surface area contributed by atoms with E-state index in [-0.39, 0.29) is 11.5 Å². The number of barbiturate groups is 1. The Morgan fingerprint density at radius 1 is 0.757 bits per heavy atom. The van der Waals surface area contributed by atoms with Crippen molar-refractivity contribution in [2.75, 3.05) is 26.0 Å². The molecule has 1 heterocycles. The van der Waals surface area contributed by atoms with E-state index in [9.17, 15) is 19.2 Å². The molecule has 0 unspecified atom stereocenters. The summed E-state index contributed by atoms with van der Waals surface area (Å²) in [6.07, 6.45) is 17.8. The van der Waals surface area contributed by atoms with Crippen LogP contribution in [0.2, 0.25) is 0 Å². The van der Waals surface area contributed by atoms with Crippen molar-refractivity contribution in [3.8, 4) is 0 Å². The number of amides is 4. The first-order valence-electron chi connectivity index (χ1n) is 13.7. The second-order valence-corrected chi connectivity index (χ2v) is 9.67. The van der Waals surface area contributed by atoms with E-state index in [2.05, 4.69) is 12.2 Å². The lowest BCUT2D eigenvalue weighted by Gasteiger charge is -2.28. The zero-order valence-corrected chi connectivity index (χ0v) is 22.7. The van der Waals surface area contributed by atoms with E-state index in [1.807, 2.05) is 0 Å². The van der Waals surface area contributed by atoms with Crippen LogP contribution in [0.3, 0.4) is 0 Å². The molecule has 0 radical (unpaired) electrons. The Morgan fingerprint density at radius 3 is 1.70 bits per heavy atom. The molecule has 37 heavy (non-hydrogen) atoms. The van der Waals surface area contributed by atoms with Crippen molar-refractivity contribution in [1.82, 2.24) is 9.80 Å². The van der Waals surface area contributed by atoms with Gasteiger partial charge in [0.2, 0.25) is 0 Å². The number of hydrogen-bond acceptors (Lipinski definition) is 6. The van der Waals surface area contributed by atoms with E-state index >= 15 is 0 Å². The Hall–Kier alpha value is -3.16. The molecule has 0 saturated carbocycles. The first kappa shape index (κ1) is 30.1. The van der Waals surface area contributed by atoms with Gasteiger partial charge in [0, 0.05) is 26.0 Å². The zero-order valence-electron chi connectivity index (χ0n) is 22.7. The number of rotatable bonds is 17. The number of benzene rings is 1. The van der Waals surface area contributed by atoms with Gasteiger partial charge in [-0.2, -0.15) is 0 Å². The predicted octanol–water partition coefficient (Wildman–Crippen LogP) is 6.28. The highest BCUT2D eigenvalue weighted by atomic mass is 16.5. The SMILES string of the molecule is CCCCCCCCCCCCCCCOC(=O)c1ccc(NC=C2C(=O)N(C)C(=O)N(C)C2=O)cc1. The average molecular weight is 514 g/mol. The summed E-state index contributed by atoms with van der Waals surface area (Å²) in [6, 6.07) is 5.90. The first-order valence-corrected chi connectivity index (χ1v) is 13.7. The molecule has 0 spiro atoms. The second kappa shape index (κ2) is 16.6. The van der Waals surface area contributed by atoms with Crippen molar-refractivity contribution in [2.24, 2.45) is 0 Å². The number of esters is 1. The van der Waals surface area contributed by atoms with Gasteiger partial charge in [0.1, 0.15) is 5.57 Å². The molecule has 204 valence electrons. The molecular weight excluding hydrogens is 470 g/mol. The van der Waals surface area contributed by atoms with Gasteiger partial charge in [0.05, 0.1) is 12.2 Å². The van der Waals surface area contributed by atoms with Crippen molar-refractivity contribution >= 4 is 29.5 Å². The molecule has 1 aliphatic heterocycles. The summed E-state index contributed by atoms with van der Waals surface area (Å²) < 4.78 is 5.38. The molecule has 0 aliphatic carbocycles. The Balaban J connectivity index is 1.60. The van der Waals surface area contributed by atoms with Gasteiger partial charge in [-0.05, 0) is 30.7 Å². The molecule has 0 bridgehead atoms. The topological polar surface area (TPSA) is 96.0 Å². The van der Waals surface area contributed by atoms with E-state index in [0.717, 1.165) is 22.6 Å². The summed E-state index contributed by atoms with van der Waals surface area (Å²) in [5.41, 5.74) is 0.872. The van der Waals surface area contributed by atoms with Gasteiger partial charge in [0.15, 0.2) is 0 Å². The largest absolute Gasteiger partial charge is 0.462 e. The Kier molecular flexibility index (Phi) is 13.5. The standard InChI is InChI=1S/C29H43N3O5/c1-4-5-6-7-8-9-10-11-12-13-14-15-16-21-37-28(35)23-17-19-24(20-18-23)30-22-25-26(33)31(2)29(36)32(3)27(25)34/h17-20,22,30H,4-16,21H2,1-3H3. The third kappa shape index (κ3) is 10.0. The number of nitrogens with zero attached hydrogens (tertiary/aromatic N) is 2. The number of likely N-dealkylation sites (N-methyl/N-ethyl adjacent to an activating group) is 2. The lowest BCUT2D eigenvalue weighted by Crippen LogP contribution is -2.53. The molecule has 1 aromatic carbocycles. The minimum absolute atomic E-state index is 0.147. The van der Waals surface area contributed by atoms with Gasteiger partial charge in [0.25, 0.3) is 11.8 Å². The molecule has 1 aromatic rings. The van der Waals surface area contributed by atoms with Crippen LogP contribution >= 0.6 is 0 Å². The van der Waals surface area contributed by atoms with Crippen molar-refractivity contribution in [1.29, 1.82) is 0 Å². The van der Waals surface area contributed by atoms with Crippen LogP contribution in [-0.2, 0) is 14.3 Å². The summed E-state index contributed by atoms with van der Waals surface area (Å²) >= 11 is 0. The van der Waals surface area contributed by atoms with Gasteiger partial charge in [-0.25, -0.2) is 9.59 Å². The second-order valence-electron chi connectivity index (χ2n) is 9.67. The Bertz CT molecular complexity index is 900. The van der Waals surface area contributed by atoms with Crippen molar-refractivity contribution < 1.29 is 23.9 Å². The number of carbonyl (C=O) groups is 4. The molecule has 2 rings (SSSR count). The number of imide groups is 2. The van der Waals surface area contributed by atoms with E-state index in [1.165, 1.54) is 90.9 Å². The van der Waals surface area contributed by atoms with Crippen LogP contribution in [0, 0.1) is 0 Å². The van der Waals surface area contributed by atoms with Gasteiger partial charge in [-0.3, -0.25) is 19.4 Å². The molecule has 8 heteroatoms. The fraction of sp³-hybridized carbons (Fsp3) is 0.586. The van der Waals surface area contributed by atoms with Crippen molar-refractivity contribution in [2.45, 2.75) is 90.4 Å². The van der Waals surface area contributed by atoms with E-state index < -0.39 is 17.8 Å². The number of anilines is 1. The maximum Gasteiger partial charge on any atom is 0.338 e. The molecule has 8 nitrogen and oxygen atoms in total. The summed E-state index contributed by atoms with van der Waals surface area (Å²) in [7, 11) is 2.64. The van der Waals surface area contributed by atoms with Crippen LogP contribution in [-0.4, -0.2) is 54.3 Å². The quantitative estimate of drug-likeness (QED) is 0.114. The highest BCUT2D eigenvalue weighted by Gasteiger charge is 2.37. The van der Waals surface area contributed by atoms with Gasteiger partial charge in [-0.1, -0.05) is 84.0 Å². The third-order valence-electron chi connectivity index (χ3n) is 6.63. The molecule has 0 aromatic heterocycles. The number of carbonyl (C=O) groups excluding carboxylic acids is 4. The Labute approximate surface area is 221 Å². The maximum absolute atomic E-state index is 12.3. The lowest BCUT2D eigenvalue weighted by molar-refractivity contribution is -0.134. The van der Waals surface area contributed by atoms with Crippen LogP contribution in [0.4, 0.5) is 10.5 Å². The number of nitrogens with one attached hydrogen (secondary N) is 1. The monoisotopic (exact) mass is 513 g/mol. The number of hydrogen-bond donors (Lipinski definition) is 1. The highest BCUT2D eigenvalue weighted by molar-refractivity contribution is 6.28. The number of urea groups is 1. The first-order chi connectivity index (χ1) is 17.9. The van der Waals surface area contributed by atoms with Crippen molar-refractivity contribution in [3.63, 3.8) is 0 Å². The van der Waals surface area contributed by atoms with E-state index in [1.54, 1.807) is 24.3 Å². The molecule has 1 fully saturated rings. The number of unbranched alkanes of at least 4 members (excludes halogenated alkanes) is 12. The average Bonchev–Trinajstić information content (AvgIpc) is 2.91. The normalized spacial score (nSPS) is 13.8. The van der Waals surface area contributed by atoms with E-state index in [0.29, 0.717) is 17.9 Å². The zero-order chi connectivity index (χ0) is 27.0. The van der Waals surface area contributed by atoms with Crippen molar-refractivity contribution in [3.05, 3.63) is 41.6 Å². The Morgan fingerprint density at radius 2 is 1.22 bits per heavy atom. The molecule has 1 N–H and O–H groups in total.